The lowest BCUT2D eigenvalue weighted by Crippen LogP contribution is -2.75. The number of carbonyl (C=O) groups is 1. The summed E-state index contributed by atoms with van der Waals surface area (Å²) in [5, 5.41) is 7.10. The van der Waals surface area contributed by atoms with Gasteiger partial charge in [-0.1, -0.05) is 38.3 Å². The van der Waals surface area contributed by atoms with Gasteiger partial charge in [-0.05, 0) is 26.7 Å². The third kappa shape index (κ3) is 4.00. The van der Waals surface area contributed by atoms with Crippen molar-refractivity contribution >= 4 is 18.3 Å². The number of ether oxygens (including phenoxy) is 1. The summed E-state index contributed by atoms with van der Waals surface area (Å²) < 4.78 is 11.1. The van der Waals surface area contributed by atoms with E-state index >= 15 is 0 Å². The number of nitrogens with zero attached hydrogens (tertiary/aromatic N) is 2. The number of hydrogen-bond acceptors (Lipinski definition) is 6. The third-order valence-electron chi connectivity index (χ3n) is 6.38. The molecule has 2 aliphatic carbocycles. The number of hydrogen-bond donors (Lipinski definition) is 2. The maximum absolute atomic E-state index is 12.8. The van der Waals surface area contributed by atoms with Gasteiger partial charge in [-0.2, -0.15) is 4.98 Å². The number of nitrogens with two attached hydrogens (primary N) is 1. The molecule has 3 unspecified atom stereocenters. The Morgan fingerprint density at radius 2 is 2.04 bits per heavy atom. The van der Waals surface area contributed by atoms with Crippen LogP contribution in [0.5, 0.6) is 0 Å². The van der Waals surface area contributed by atoms with Gasteiger partial charge in [0.25, 0.3) is 0 Å². The Labute approximate surface area is 167 Å². The van der Waals surface area contributed by atoms with E-state index in [1.165, 1.54) is 19.3 Å². The van der Waals surface area contributed by atoms with Crippen LogP contribution in [0, 0.1) is 5.41 Å². The molecule has 2 aliphatic rings. The molecule has 0 aromatic carbocycles. The molecule has 0 aliphatic heterocycles. The zero-order valence-electron chi connectivity index (χ0n) is 16.8. The smallest absolute Gasteiger partial charge is 0.248 e. The summed E-state index contributed by atoms with van der Waals surface area (Å²) in [7, 11) is 0. The molecule has 0 saturated heterocycles. The Hall–Kier alpha value is -1.18. The van der Waals surface area contributed by atoms with E-state index in [1.54, 1.807) is 0 Å². The molecule has 2 fully saturated rings. The Kier molecular flexibility index (Phi) is 6.92. The highest BCUT2D eigenvalue weighted by molar-refractivity contribution is 5.89. The van der Waals surface area contributed by atoms with Gasteiger partial charge in [0.05, 0.1) is 6.10 Å². The molecule has 1 heterocycles. The molecule has 1 amide bonds. The molecule has 8 heteroatoms. The van der Waals surface area contributed by atoms with Gasteiger partial charge in [0.15, 0.2) is 5.82 Å². The average molecular weight is 401 g/mol. The topological polar surface area (TPSA) is 103 Å². The lowest BCUT2D eigenvalue weighted by molar-refractivity contribution is -0.171. The van der Waals surface area contributed by atoms with Crippen molar-refractivity contribution in [1.82, 2.24) is 15.5 Å². The summed E-state index contributed by atoms with van der Waals surface area (Å²) >= 11 is 0. The van der Waals surface area contributed by atoms with Gasteiger partial charge in [0.1, 0.15) is 11.6 Å². The molecule has 1 aromatic rings. The first-order valence-corrected chi connectivity index (χ1v) is 9.84. The fraction of sp³-hybridized carbons (Fsp3) is 0.842. The molecule has 0 spiro atoms. The minimum atomic E-state index is -0.951. The van der Waals surface area contributed by atoms with Crippen molar-refractivity contribution in [2.24, 2.45) is 11.1 Å². The molecule has 0 bridgehead atoms. The maximum Gasteiger partial charge on any atom is 0.248 e. The third-order valence-corrected chi connectivity index (χ3v) is 6.38. The molecule has 2 saturated carbocycles. The first kappa shape index (κ1) is 22.1. The summed E-state index contributed by atoms with van der Waals surface area (Å²) in [4.78, 5) is 17.4. The molecule has 27 heavy (non-hydrogen) atoms. The average Bonchev–Trinajstić information content (AvgIpc) is 3.12. The van der Waals surface area contributed by atoms with E-state index in [0.717, 1.165) is 18.7 Å². The fourth-order valence-corrected chi connectivity index (χ4v) is 4.16. The van der Waals surface area contributed by atoms with E-state index in [9.17, 15) is 4.79 Å². The van der Waals surface area contributed by atoms with Crippen molar-refractivity contribution in [3.05, 3.63) is 11.7 Å². The highest BCUT2D eigenvalue weighted by atomic mass is 35.5. The SMILES string of the molecule is CCOC1CC(N)(C(=O)NC(C)c2nc(C3CCCCC3)no2)C1(C)C.Cl. The lowest BCUT2D eigenvalue weighted by Gasteiger charge is -2.57. The molecule has 154 valence electrons. The number of rotatable bonds is 6. The lowest BCUT2D eigenvalue weighted by atomic mass is 9.54. The van der Waals surface area contributed by atoms with Crippen molar-refractivity contribution in [3.63, 3.8) is 0 Å². The number of amides is 1. The number of carbonyl (C=O) groups excluding carboxylic acids is 1. The second kappa shape index (κ2) is 8.45. The predicted molar refractivity (Wildman–Crippen MR) is 105 cm³/mol. The predicted octanol–water partition coefficient (Wildman–Crippen LogP) is 3.25. The minimum absolute atomic E-state index is 0. The van der Waals surface area contributed by atoms with Gasteiger partial charge in [0.2, 0.25) is 11.8 Å². The van der Waals surface area contributed by atoms with Gasteiger partial charge in [-0.3, -0.25) is 4.79 Å². The summed E-state index contributed by atoms with van der Waals surface area (Å²) in [6.45, 7) is 8.39. The molecule has 7 nitrogen and oxygen atoms in total. The molecule has 3 N–H and O–H groups in total. The van der Waals surface area contributed by atoms with E-state index in [4.69, 9.17) is 15.0 Å². The zero-order valence-corrected chi connectivity index (χ0v) is 17.6. The van der Waals surface area contributed by atoms with Crippen LogP contribution in [-0.4, -0.2) is 34.3 Å². The van der Waals surface area contributed by atoms with Crippen molar-refractivity contribution in [2.45, 2.75) is 89.8 Å². The first-order chi connectivity index (χ1) is 12.3. The van der Waals surface area contributed by atoms with Crippen LogP contribution < -0.4 is 11.1 Å². The number of halogens is 1. The molecule has 3 rings (SSSR count). The van der Waals surface area contributed by atoms with Gasteiger partial charge < -0.3 is 20.3 Å². The van der Waals surface area contributed by atoms with E-state index in [0.29, 0.717) is 24.8 Å². The Balaban J connectivity index is 0.00000261. The fourth-order valence-electron chi connectivity index (χ4n) is 4.16. The van der Waals surface area contributed by atoms with Crippen molar-refractivity contribution in [1.29, 1.82) is 0 Å². The Morgan fingerprint density at radius 1 is 1.37 bits per heavy atom. The van der Waals surface area contributed by atoms with Crippen molar-refractivity contribution in [3.8, 4) is 0 Å². The zero-order chi connectivity index (χ0) is 18.9. The molecular weight excluding hydrogens is 368 g/mol. The van der Waals surface area contributed by atoms with E-state index in [-0.39, 0.29) is 30.5 Å². The second-order valence-electron chi connectivity index (χ2n) is 8.36. The molecule has 3 atom stereocenters. The van der Waals surface area contributed by atoms with Crippen LogP contribution in [0.1, 0.15) is 89.9 Å². The van der Waals surface area contributed by atoms with E-state index in [1.807, 2.05) is 27.7 Å². The Morgan fingerprint density at radius 3 is 2.63 bits per heavy atom. The molecular formula is C19H33ClN4O3. The minimum Gasteiger partial charge on any atom is -0.378 e. The van der Waals surface area contributed by atoms with Crippen LogP contribution in [-0.2, 0) is 9.53 Å². The van der Waals surface area contributed by atoms with Gasteiger partial charge in [0, 0.05) is 24.4 Å². The number of aromatic nitrogens is 2. The van der Waals surface area contributed by atoms with Gasteiger partial charge >= 0.3 is 0 Å². The summed E-state index contributed by atoms with van der Waals surface area (Å²) in [6, 6.07) is -0.366. The van der Waals surface area contributed by atoms with E-state index < -0.39 is 11.0 Å². The van der Waals surface area contributed by atoms with Crippen LogP contribution >= 0.6 is 12.4 Å². The summed E-state index contributed by atoms with van der Waals surface area (Å²) in [6.07, 6.45) is 6.45. The quantitative estimate of drug-likeness (QED) is 0.759. The molecule has 0 radical (unpaired) electrons. The molecule has 1 aromatic heterocycles. The van der Waals surface area contributed by atoms with Crippen LogP contribution in [0.15, 0.2) is 4.52 Å². The number of nitrogens with one attached hydrogen (secondary N) is 1. The summed E-state index contributed by atoms with van der Waals surface area (Å²) in [5.74, 6) is 1.40. The van der Waals surface area contributed by atoms with Gasteiger partial charge in [-0.25, -0.2) is 0 Å². The largest absolute Gasteiger partial charge is 0.378 e. The van der Waals surface area contributed by atoms with Crippen LogP contribution in [0.25, 0.3) is 0 Å². The van der Waals surface area contributed by atoms with Crippen LogP contribution in [0.3, 0.4) is 0 Å². The summed E-state index contributed by atoms with van der Waals surface area (Å²) in [5.41, 5.74) is 5.06. The van der Waals surface area contributed by atoms with Crippen molar-refractivity contribution in [2.75, 3.05) is 6.61 Å². The van der Waals surface area contributed by atoms with Crippen molar-refractivity contribution < 1.29 is 14.1 Å². The van der Waals surface area contributed by atoms with Gasteiger partial charge in [-0.15, -0.1) is 12.4 Å². The second-order valence-corrected chi connectivity index (χ2v) is 8.36. The normalized spacial score (nSPS) is 28.7. The Bertz CT molecular complexity index is 645. The first-order valence-electron chi connectivity index (χ1n) is 9.84. The maximum atomic E-state index is 12.8. The van der Waals surface area contributed by atoms with E-state index in [2.05, 4.69) is 15.5 Å². The monoisotopic (exact) mass is 400 g/mol. The highest BCUT2D eigenvalue weighted by Crippen LogP contribution is 2.50. The van der Waals surface area contributed by atoms with Crippen LogP contribution in [0.2, 0.25) is 0 Å². The van der Waals surface area contributed by atoms with Crippen LogP contribution in [0.4, 0.5) is 0 Å². The highest BCUT2D eigenvalue weighted by Gasteiger charge is 2.63. The standard InChI is InChI=1S/C19H32N4O3.ClH/c1-5-25-14-11-19(20,18(14,3)4)17(24)21-12(2)16-22-15(23-26-16)13-9-7-6-8-10-13;/h12-14H,5-11,20H2,1-4H3,(H,21,24);1H.